The van der Waals surface area contributed by atoms with E-state index < -0.39 is 0 Å². The van der Waals surface area contributed by atoms with Gasteiger partial charge in [0.25, 0.3) is 5.91 Å². The Morgan fingerprint density at radius 1 is 1.14 bits per heavy atom. The highest BCUT2D eigenvalue weighted by molar-refractivity contribution is 6.06. The minimum Gasteiger partial charge on any atom is -0.379 e. The number of ether oxygens (including phenoxy) is 1. The molecule has 1 aromatic heterocycles. The van der Waals surface area contributed by atoms with Crippen LogP contribution in [0.4, 0.5) is 0 Å². The van der Waals surface area contributed by atoms with E-state index in [2.05, 4.69) is 16.8 Å². The number of fused-ring (bicyclic) bond motifs is 1. The summed E-state index contributed by atoms with van der Waals surface area (Å²) in [6.07, 6.45) is 2.01. The molecule has 150 valence electrons. The van der Waals surface area contributed by atoms with Gasteiger partial charge in [-0.05, 0) is 44.7 Å². The summed E-state index contributed by atoms with van der Waals surface area (Å²) in [5, 5.41) is 0.827. The Kier molecular flexibility index (Phi) is 5.51. The van der Waals surface area contributed by atoms with Crippen LogP contribution in [0.5, 0.6) is 0 Å². The second kappa shape index (κ2) is 8.05. The lowest BCUT2D eigenvalue weighted by Crippen LogP contribution is -2.49. The second-order valence-corrected chi connectivity index (χ2v) is 8.11. The van der Waals surface area contributed by atoms with Crippen LogP contribution in [0.1, 0.15) is 35.7 Å². The van der Waals surface area contributed by atoms with Crippen molar-refractivity contribution >= 4 is 16.8 Å². The largest absolute Gasteiger partial charge is 0.379 e. The number of nitrogens with zero attached hydrogens (tertiary/aromatic N) is 2. The van der Waals surface area contributed by atoms with E-state index in [1.165, 1.54) is 6.07 Å². The Hall–Kier alpha value is -2.18. The Morgan fingerprint density at radius 3 is 2.57 bits per heavy atom. The second-order valence-electron chi connectivity index (χ2n) is 8.11. The minimum atomic E-state index is -0.226. The molecule has 1 amide bonds. The monoisotopic (exact) mass is 383 g/mol. The van der Waals surface area contributed by atoms with Gasteiger partial charge >= 0.3 is 0 Å². The molecule has 0 radical (unpaired) electrons. The summed E-state index contributed by atoms with van der Waals surface area (Å²) in [4.78, 5) is 32.5. The predicted molar refractivity (Wildman–Crippen MR) is 110 cm³/mol. The number of piperidine rings is 1. The van der Waals surface area contributed by atoms with Crippen LogP contribution >= 0.6 is 0 Å². The fraction of sp³-hybridized carbons (Fsp3) is 0.545. The molecule has 0 unspecified atom stereocenters. The molecule has 1 N–H and O–H groups in total. The molecular weight excluding hydrogens is 354 g/mol. The van der Waals surface area contributed by atoms with Crippen LogP contribution in [0.15, 0.2) is 29.1 Å². The van der Waals surface area contributed by atoms with Crippen LogP contribution in [0, 0.1) is 12.8 Å². The van der Waals surface area contributed by atoms with Gasteiger partial charge in [-0.1, -0.05) is 11.6 Å². The number of amides is 1. The van der Waals surface area contributed by atoms with Crippen molar-refractivity contribution in [1.29, 1.82) is 0 Å². The summed E-state index contributed by atoms with van der Waals surface area (Å²) in [5.41, 5.74) is 2.08. The maximum Gasteiger partial charge on any atom is 0.254 e. The molecule has 2 fully saturated rings. The van der Waals surface area contributed by atoms with Crippen LogP contribution in [0.3, 0.4) is 0 Å². The average molecular weight is 383 g/mol. The highest BCUT2D eigenvalue weighted by Gasteiger charge is 2.30. The smallest absolute Gasteiger partial charge is 0.254 e. The highest BCUT2D eigenvalue weighted by atomic mass is 16.5. The number of aromatic amines is 1. The first-order valence-corrected chi connectivity index (χ1v) is 10.3. The van der Waals surface area contributed by atoms with Gasteiger partial charge in [0.15, 0.2) is 0 Å². The van der Waals surface area contributed by atoms with E-state index in [4.69, 9.17) is 4.74 Å². The van der Waals surface area contributed by atoms with Gasteiger partial charge in [0, 0.05) is 49.2 Å². The molecule has 4 rings (SSSR count). The Morgan fingerprint density at radius 2 is 1.86 bits per heavy atom. The molecule has 2 aromatic rings. The van der Waals surface area contributed by atoms with E-state index in [9.17, 15) is 9.59 Å². The maximum absolute atomic E-state index is 13.2. The number of carbonyl (C=O) groups is 1. The quantitative estimate of drug-likeness (QED) is 0.884. The zero-order valence-electron chi connectivity index (χ0n) is 16.7. The van der Waals surface area contributed by atoms with Gasteiger partial charge in [0.1, 0.15) is 0 Å². The van der Waals surface area contributed by atoms with Crippen LogP contribution in [-0.2, 0) is 4.74 Å². The lowest BCUT2D eigenvalue weighted by atomic mass is 9.89. The number of aryl methyl sites for hydroxylation is 1. The topological polar surface area (TPSA) is 65.6 Å². The number of hydrogen-bond acceptors (Lipinski definition) is 4. The molecule has 0 spiro atoms. The van der Waals surface area contributed by atoms with Crippen molar-refractivity contribution in [1.82, 2.24) is 14.8 Å². The Labute approximate surface area is 165 Å². The molecule has 0 bridgehead atoms. The first-order chi connectivity index (χ1) is 13.5. The predicted octanol–water partition coefficient (Wildman–Crippen LogP) is 2.41. The number of likely N-dealkylation sites (tertiary alicyclic amines) is 1. The molecule has 1 aromatic carbocycles. The van der Waals surface area contributed by atoms with Crippen LogP contribution < -0.4 is 5.56 Å². The number of carbonyl (C=O) groups excluding carboxylic acids is 1. The first kappa shape index (κ1) is 19.2. The molecule has 1 atom stereocenters. The van der Waals surface area contributed by atoms with E-state index in [0.717, 1.165) is 68.7 Å². The van der Waals surface area contributed by atoms with E-state index in [1.54, 1.807) is 0 Å². The molecule has 28 heavy (non-hydrogen) atoms. The Balaban J connectivity index is 1.48. The van der Waals surface area contributed by atoms with Crippen molar-refractivity contribution in [2.24, 2.45) is 5.92 Å². The molecule has 3 heterocycles. The van der Waals surface area contributed by atoms with E-state index in [0.29, 0.717) is 17.5 Å². The van der Waals surface area contributed by atoms with Crippen molar-refractivity contribution in [3.8, 4) is 0 Å². The fourth-order valence-corrected chi connectivity index (χ4v) is 4.58. The lowest BCUT2D eigenvalue weighted by Gasteiger charge is -2.41. The van der Waals surface area contributed by atoms with Gasteiger partial charge in [0.2, 0.25) is 5.56 Å². The van der Waals surface area contributed by atoms with Crippen molar-refractivity contribution in [3.05, 3.63) is 45.7 Å². The van der Waals surface area contributed by atoms with Gasteiger partial charge in [-0.2, -0.15) is 0 Å². The summed E-state index contributed by atoms with van der Waals surface area (Å²) >= 11 is 0. The van der Waals surface area contributed by atoms with Crippen LogP contribution in [-0.4, -0.2) is 66.1 Å². The third-order valence-corrected chi connectivity index (χ3v) is 6.36. The number of nitrogens with one attached hydrogen (secondary N) is 1. The van der Waals surface area contributed by atoms with E-state index >= 15 is 0 Å². The number of rotatable bonds is 3. The molecule has 6 nitrogen and oxygen atoms in total. The number of hydrogen-bond donors (Lipinski definition) is 1. The zero-order valence-corrected chi connectivity index (χ0v) is 16.7. The molecule has 0 aliphatic carbocycles. The number of aromatic nitrogens is 1. The van der Waals surface area contributed by atoms with Crippen molar-refractivity contribution < 1.29 is 9.53 Å². The summed E-state index contributed by atoms with van der Waals surface area (Å²) < 4.78 is 5.47. The van der Waals surface area contributed by atoms with Crippen molar-refractivity contribution in [2.45, 2.75) is 32.7 Å². The van der Waals surface area contributed by atoms with E-state index in [-0.39, 0.29) is 11.5 Å². The Bertz CT molecular complexity index is 909. The number of pyridine rings is 1. The number of H-pyrrole nitrogens is 1. The summed E-state index contributed by atoms with van der Waals surface area (Å²) in [6, 6.07) is 7.77. The first-order valence-electron chi connectivity index (χ1n) is 10.3. The molecular formula is C22H29N3O3. The lowest BCUT2D eigenvalue weighted by molar-refractivity contribution is -0.000939. The van der Waals surface area contributed by atoms with Crippen LogP contribution in [0.25, 0.3) is 10.9 Å². The molecule has 6 heteroatoms. The molecule has 2 aliphatic heterocycles. The van der Waals surface area contributed by atoms with Crippen LogP contribution in [0.2, 0.25) is 0 Å². The maximum atomic E-state index is 13.2. The van der Waals surface area contributed by atoms with Gasteiger partial charge in [-0.25, -0.2) is 0 Å². The number of morpholine rings is 1. The summed E-state index contributed by atoms with van der Waals surface area (Å²) in [5.74, 6) is 0.569. The molecule has 0 saturated carbocycles. The highest BCUT2D eigenvalue weighted by Crippen LogP contribution is 2.26. The molecule has 2 saturated heterocycles. The average Bonchev–Trinajstić information content (AvgIpc) is 2.73. The normalized spacial score (nSPS) is 20.4. The van der Waals surface area contributed by atoms with Crippen molar-refractivity contribution in [2.75, 3.05) is 39.4 Å². The van der Waals surface area contributed by atoms with Crippen molar-refractivity contribution in [3.63, 3.8) is 0 Å². The standard InChI is InChI=1S/C22H29N3O3/c1-15-3-4-20-18(13-15)19(14-21(26)23-20)22(27)25-7-5-17(6-8-25)16(2)24-9-11-28-12-10-24/h3-4,13-14,16-17H,5-12H2,1-2H3,(H,23,26)/t16-/m0/s1. The SMILES string of the molecule is Cc1ccc2[nH]c(=O)cc(C(=O)N3CCC([C@H](C)N4CCOCC4)CC3)c2c1. The van der Waals surface area contributed by atoms with Gasteiger partial charge in [-0.15, -0.1) is 0 Å². The fourth-order valence-electron chi connectivity index (χ4n) is 4.58. The third-order valence-electron chi connectivity index (χ3n) is 6.36. The third kappa shape index (κ3) is 3.84. The van der Waals surface area contributed by atoms with E-state index in [1.807, 2.05) is 30.0 Å². The molecule has 2 aliphatic rings. The summed E-state index contributed by atoms with van der Waals surface area (Å²) in [6.45, 7) is 9.43. The number of benzene rings is 1. The van der Waals surface area contributed by atoms with Gasteiger partial charge in [0.05, 0.1) is 18.8 Å². The van der Waals surface area contributed by atoms with Gasteiger partial charge in [-0.3, -0.25) is 14.5 Å². The summed E-state index contributed by atoms with van der Waals surface area (Å²) in [7, 11) is 0. The zero-order chi connectivity index (χ0) is 19.7. The van der Waals surface area contributed by atoms with Gasteiger partial charge < -0.3 is 14.6 Å². The minimum absolute atomic E-state index is 0.0285.